The first-order chi connectivity index (χ1) is 12.5. The van der Waals surface area contributed by atoms with Crippen LogP contribution in [0.1, 0.15) is 64.9 Å². The van der Waals surface area contributed by atoms with Crippen LogP contribution in [0.5, 0.6) is 5.75 Å². The second-order valence-corrected chi connectivity index (χ2v) is 7.11. The molecule has 0 unspecified atom stereocenters. The zero-order chi connectivity index (χ0) is 19.0. The molecule has 0 aliphatic heterocycles. The average Bonchev–Trinajstić information content (AvgIpc) is 2.63. The van der Waals surface area contributed by atoms with Crippen LogP contribution in [0.4, 0.5) is 5.69 Å². The number of benzene rings is 1. The maximum atomic E-state index is 13.0. The molecular formula is C21H30N2O3. The van der Waals surface area contributed by atoms with Crippen molar-refractivity contribution >= 4 is 11.6 Å². The Bertz CT molecular complexity index is 649. The maximum absolute atomic E-state index is 13.0. The number of carbonyl (C=O) groups is 1. The van der Waals surface area contributed by atoms with Crippen molar-refractivity contribution in [3.05, 3.63) is 23.8 Å². The van der Waals surface area contributed by atoms with Crippen molar-refractivity contribution in [1.82, 2.24) is 0 Å². The quantitative estimate of drug-likeness (QED) is 0.686. The van der Waals surface area contributed by atoms with E-state index in [2.05, 4.69) is 25.2 Å². The van der Waals surface area contributed by atoms with E-state index in [-0.39, 0.29) is 5.91 Å². The molecule has 0 radical (unpaired) electrons. The van der Waals surface area contributed by atoms with E-state index in [0.29, 0.717) is 36.1 Å². The molecule has 26 heavy (non-hydrogen) atoms. The fraction of sp³-hybridized carbons (Fsp3) is 0.619. The molecule has 1 fully saturated rings. The molecule has 0 bridgehead atoms. The lowest BCUT2D eigenvalue weighted by atomic mass is 9.78. The zero-order valence-electron chi connectivity index (χ0n) is 16.1. The second kappa shape index (κ2) is 9.59. The summed E-state index contributed by atoms with van der Waals surface area (Å²) in [5, 5.41) is 12.3. The van der Waals surface area contributed by atoms with E-state index in [1.807, 2.05) is 6.92 Å². The first kappa shape index (κ1) is 20.3. The number of nitriles is 1. The van der Waals surface area contributed by atoms with Gasteiger partial charge in [0.2, 0.25) is 0 Å². The van der Waals surface area contributed by atoms with E-state index in [1.165, 1.54) is 0 Å². The van der Waals surface area contributed by atoms with Gasteiger partial charge in [-0.3, -0.25) is 4.79 Å². The minimum atomic E-state index is -0.768. The van der Waals surface area contributed by atoms with Gasteiger partial charge in [0.15, 0.2) is 0 Å². The summed E-state index contributed by atoms with van der Waals surface area (Å²) < 4.78 is 11.6. The predicted molar refractivity (Wildman–Crippen MR) is 102 cm³/mol. The molecule has 0 saturated heterocycles. The van der Waals surface area contributed by atoms with Crippen molar-refractivity contribution in [2.45, 2.75) is 64.9 Å². The molecule has 2 atom stereocenters. The molecule has 1 aliphatic carbocycles. The number of rotatable bonds is 8. The summed E-state index contributed by atoms with van der Waals surface area (Å²) in [6.07, 6.45) is 5.56. The van der Waals surface area contributed by atoms with Crippen LogP contribution in [0.2, 0.25) is 0 Å². The van der Waals surface area contributed by atoms with Gasteiger partial charge in [-0.05, 0) is 56.7 Å². The number of amides is 1. The molecule has 0 heterocycles. The third kappa shape index (κ3) is 4.98. The highest BCUT2D eigenvalue weighted by molar-refractivity contribution is 5.97. The smallest absolute Gasteiger partial charge is 0.256 e. The van der Waals surface area contributed by atoms with Gasteiger partial charge in [0.25, 0.3) is 5.91 Å². The predicted octanol–water partition coefficient (Wildman–Crippen LogP) is 4.66. The second-order valence-electron chi connectivity index (χ2n) is 7.11. The van der Waals surface area contributed by atoms with Gasteiger partial charge in [-0.15, -0.1) is 0 Å². The number of nitrogens with zero attached hydrogens (tertiary/aromatic N) is 1. The summed E-state index contributed by atoms with van der Waals surface area (Å²) in [4.78, 5) is 13.0. The average molecular weight is 358 g/mol. The number of carbonyl (C=O) groups excluding carboxylic acids is 1. The van der Waals surface area contributed by atoms with Crippen molar-refractivity contribution in [3.8, 4) is 11.8 Å². The van der Waals surface area contributed by atoms with Crippen LogP contribution in [0, 0.1) is 17.2 Å². The lowest BCUT2D eigenvalue weighted by Crippen LogP contribution is -2.48. The van der Waals surface area contributed by atoms with Gasteiger partial charge < -0.3 is 14.8 Å². The van der Waals surface area contributed by atoms with Gasteiger partial charge in [-0.1, -0.05) is 26.7 Å². The fourth-order valence-electron chi connectivity index (χ4n) is 3.57. The molecule has 142 valence electrons. The molecule has 0 spiro atoms. The molecule has 1 aliphatic rings. The number of ether oxygens (including phenoxy) is 2. The molecule has 0 aromatic heterocycles. The highest BCUT2D eigenvalue weighted by Crippen LogP contribution is 2.36. The minimum absolute atomic E-state index is 0.116. The molecule has 1 amide bonds. The molecule has 2 rings (SSSR count). The first-order valence-corrected chi connectivity index (χ1v) is 9.67. The third-order valence-corrected chi connectivity index (χ3v) is 4.90. The van der Waals surface area contributed by atoms with Crippen molar-refractivity contribution in [3.63, 3.8) is 0 Å². The molecular weight excluding hydrogens is 328 g/mol. The third-order valence-electron chi connectivity index (χ3n) is 4.90. The Hall–Kier alpha value is -2.06. The van der Waals surface area contributed by atoms with Gasteiger partial charge in [0.1, 0.15) is 17.4 Å². The summed E-state index contributed by atoms with van der Waals surface area (Å²) in [5.74, 6) is 0.907. The molecule has 5 heteroatoms. The van der Waals surface area contributed by atoms with E-state index >= 15 is 0 Å². The Balaban J connectivity index is 2.13. The standard InChI is InChI=1S/C21H30N2O3/c1-4-6-12-25-19-10-9-18(13-17(19)15-22)23-20(24)21(26-5-2)11-7-8-16(3)14-21/h9-10,13,16H,4-8,11-12,14H2,1-3H3,(H,23,24)/t16-,21-/m0/s1. The van der Waals surface area contributed by atoms with Crippen LogP contribution in [-0.4, -0.2) is 24.7 Å². The maximum Gasteiger partial charge on any atom is 0.256 e. The van der Waals surface area contributed by atoms with Crippen LogP contribution in [0.25, 0.3) is 0 Å². The van der Waals surface area contributed by atoms with Gasteiger partial charge in [-0.25, -0.2) is 0 Å². The van der Waals surface area contributed by atoms with E-state index in [0.717, 1.165) is 38.5 Å². The van der Waals surface area contributed by atoms with Crippen LogP contribution < -0.4 is 10.1 Å². The fourth-order valence-corrected chi connectivity index (χ4v) is 3.57. The van der Waals surface area contributed by atoms with Crippen molar-refractivity contribution in [2.75, 3.05) is 18.5 Å². The number of unbranched alkanes of at least 4 members (excludes halogenated alkanes) is 1. The van der Waals surface area contributed by atoms with E-state index in [1.54, 1.807) is 18.2 Å². The summed E-state index contributed by atoms with van der Waals surface area (Å²) in [6, 6.07) is 7.36. The van der Waals surface area contributed by atoms with Gasteiger partial charge >= 0.3 is 0 Å². The van der Waals surface area contributed by atoms with Crippen LogP contribution >= 0.6 is 0 Å². The topological polar surface area (TPSA) is 71.3 Å². The Morgan fingerprint density at radius 2 is 2.23 bits per heavy atom. The van der Waals surface area contributed by atoms with E-state index < -0.39 is 5.60 Å². The number of nitrogens with one attached hydrogen (secondary N) is 1. The molecule has 1 saturated carbocycles. The first-order valence-electron chi connectivity index (χ1n) is 9.67. The highest BCUT2D eigenvalue weighted by Gasteiger charge is 2.42. The molecule has 5 nitrogen and oxygen atoms in total. The Kier molecular flexibility index (Phi) is 7.47. The zero-order valence-corrected chi connectivity index (χ0v) is 16.1. The van der Waals surface area contributed by atoms with Crippen LogP contribution in [0.15, 0.2) is 18.2 Å². The van der Waals surface area contributed by atoms with E-state index in [4.69, 9.17) is 9.47 Å². The minimum Gasteiger partial charge on any atom is -0.492 e. The Morgan fingerprint density at radius 3 is 2.88 bits per heavy atom. The molecule has 1 aromatic carbocycles. The van der Waals surface area contributed by atoms with Crippen LogP contribution in [-0.2, 0) is 9.53 Å². The van der Waals surface area contributed by atoms with Gasteiger partial charge in [0, 0.05) is 12.3 Å². The summed E-state index contributed by atoms with van der Waals surface area (Å²) in [5.41, 5.74) is 0.267. The number of hydrogen-bond donors (Lipinski definition) is 1. The Morgan fingerprint density at radius 1 is 1.42 bits per heavy atom. The SMILES string of the molecule is CCCCOc1ccc(NC(=O)[C@]2(OCC)CCC[C@H](C)C2)cc1C#N. The summed E-state index contributed by atoms with van der Waals surface area (Å²) >= 11 is 0. The highest BCUT2D eigenvalue weighted by atomic mass is 16.5. The number of anilines is 1. The lowest BCUT2D eigenvalue weighted by Gasteiger charge is -2.38. The van der Waals surface area contributed by atoms with Crippen molar-refractivity contribution in [2.24, 2.45) is 5.92 Å². The summed E-state index contributed by atoms with van der Waals surface area (Å²) in [6.45, 7) is 7.27. The normalized spacial score (nSPS) is 22.5. The summed E-state index contributed by atoms with van der Waals surface area (Å²) in [7, 11) is 0. The largest absolute Gasteiger partial charge is 0.492 e. The van der Waals surface area contributed by atoms with Crippen molar-refractivity contribution in [1.29, 1.82) is 5.26 Å². The molecule has 1 N–H and O–H groups in total. The number of hydrogen-bond acceptors (Lipinski definition) is 4. The van der Waals surface area contributed by atoms with E-state index in [9.17, 15) is 10.1 Å². The van der Waals surface area contributed by atoms with Gasteiger partial charge in [0.05, 0.1) is 12.2 Å². The van der Waals surface area contributed by atoms with Gasteiger partial charge in [-0.2, -0.15) is 5.26 Å². The lowest BCUT2D eigenvalue weighted by molar-refractivity contribution is -0.147. The Labute approximate surface area is 156 Å². The van der Waals surface area contributed by atoms with Crippen molar-refractivity contribution < 1.29 is 14.3 Å². The molecule has 1 aromatic rings. The monoisotopic (exact) mass is 358 g/mol. The van der Waals surface area contributed by atoms with Crippen LogP contribution in [0.3, 0.4) is 0 Å².